The van der Waals surface area contributed by atoms with Gasteiger partial charge in [0.1, 0.15) is 0 Å². The molecular formula is C13H15Cl3O2. The quantitative estimate of drug-likeness (QED) is 0.755. The Morgan fingerprint density at radius 1 is 1.17 bits per heavy atom. The van der Waals surface area contributed by atoms with Crippen LogP contribution in [0, 0.1) is 0 Å². The average Bonchev–Trinajstić information content (AvgIpc) is 2.81. The third kappa shape index (κ3) is 3.75. The van der Waals surface area contributed by atoms with Crippen molar-refractivity contribution in [3.63, 3.8) is 0 Å². The van der Waals surface area contributed by atoms with Gasteiger partial charge in [-0.05, 0) is 25.0 Å². The molecule has 2 nitrogen and oxygen atoms in total. The van der Waals surface area contributed by atoms with Crippen LogP contribution in [0.5, 0.6) is 0 Å². The third-order valence-electron chi connectivity index (χ3n) is 2.98. The van der Waals surface area contributed by atoms with Crippen LogP contribution in [0.25, 0.3) is 0 Å². The molecule has 1 fully saturated rings. The van der Waals surface area contributed by atoms with Gasteiger partial charge in [-0.25, -0.2) is 0 Å². The smallest absolute Gasteiger partial charge is 0.0814 e. The zero-order valence-electron chi connectivity index (χ0n) is 9.87. The van der Waals surface area contributed by atoms with E-state index in [4.69, 9.17) is 44.3 Å². The molecule has 2 unspecified atom stereocenters. The molecule has 1 aromatic rings. The zero-order valence-corrected chi connectivity index (χ0v) is 12.1. The zero-order chi connectivity index (χ0) is 13.0. The SMILES string of the molecule is ClCC1CCC(COCc2c(Cl)cccc2Cl)O1. The van der Waals surface area contributed by atoms with Crippen LogP contribution in [-0.4, -0.2) is 24.7 Å². The minimum absolute atomic E-state index is 0.134. The van der Waals surface area contributed by atoms with E-state index in [1.54, 1.807) is 0 Å². The second-order valence-corrected chi connectivity index (χ2v) is 5.45. The first kappa shape index (κ1) is 14.4. The summed E-state index contributed by atoms with van der Waals surface area (Å²) in [6, 6.07) is 5.43. The van der Waals surface area contributed by atoms with Crippen molar-refractivity contribution in [1.82, 2.24) is 0 Å². The number of halogens is 3. The van der Waals surface area contributed by atoms with Crippen molar-refractivity contribution in [3.05, 3.63) is 33.8 Å². The Morgan fingerprint density at radius 3 is 2.44 bits per heavy atom. The molecule has 1 aromatic carbocycles. The molecule has 100 valence electrons. The first-order valence-corrected chi connectivity index (χ1v) is 7.21. The standard InChI is InChI=1S/C13H15Cl3O2/c14-6-9-4-5-10(18-9)7-17-8-11-12(15)2-1-3-13(11)16/h1-3,9-10H,4-8H2. The van der Waals surface area contributed by atoms with Crippen LogP contribution in [0.2, 0.25) is 10.0 Å². The molecule has 1 saturated heterocycles. The molecule has 0 aromatic heterocycles. The van der Waals surface area contributed by atoms with Crippen LogP contribution in [0.3, 0.4) is 0 Å². The molecule has 0 aliphatic carbocycles. The summed E-state index contributed by atoms with van der Waals surface area (Å²) < 4.78 is 11.3. The molecule has 5 heteroatoms. The first-order valence-electron chi connectivity index (χ1n) is 5.92. The monoisotopic (exact) mass is 308 g/mol. The minimum atomic E-state index is 0.134. The summed E-state index contributed by atoms with van der Waals surface area (Å²) in [4.78, 5) is 0. The fourth-order valence-electron chi connectivity index (χ4n) is 1.98. The highest BCUT2D eigenvalue weighted by Crippen LogP contribution is 2.26. The van der Waals surface area contributed by atoms with Gasteiger partial charge in [0.25, 0.3) is 0 Å². The molecule has 0 amide bonds. The predicted molar refractivity (Wildman–Crippen MR) is 74.7 cm³/mol. The largest absolute Gasteiger partial charge is 0.374 e. The average molecular weight is 310 g/mol. The van der Waals surface area contributed by atoms with Gasteiger partial charge in [-0.2, -0.15) is 0 Å². The highest BCUT2D eigenvalue weighted by Gasteiger charge is 2.24. The van der Waals surface area contributed by atoms with E-state index in [0.29, 0.717) is 29.1 Å². The maximum Gasteiger partial charge on any atom is 0.0814 e. The van der Waals surface area contributed by atoms with Crippen molar-refractivity contribution < 1.29 is 9.47 Å². The van der Waals surface area contributed by atoms with Gasteiger partial charge in [0.2, 0.25) is 0 Å². The van der Waals surface area contributed by atoms with Gasteiger partial charge in [-0.15, -0.1) is 11.6 Å². The van der Waals surface area contributed by atoms with Crippen molar-refractivity contribution in [2.45, 2.75) is 31.7 Å². The fourth-order valence-corrected chi connectivity index (χ4v) is 2.71. The Labute approximate surface area is 122 Å². The molecule has 0 radical (unpaired) electrons. The summed E-state index contributed by atoms with van der Waals surface area (Å²) in [6.07, 6.45) is 2.30. The van der Waals surface area contributed by atoms with Crippen molar-refractivity contribution in [3.8, 4) is 0 Å². The van der Waals surface area contributed by atoms with Crippen molar-refractivity contribution >= 4 is 34.8 Å². The van der Waals surface area contributed by atoms with E-state index in [1.165, 1.54) is 0 Å². The second-order valence-electron chi connectivity index (χ2n) is 4.33. The summed E-state index contributed by atoms with van der Waals surface area (Å²) in [5.41, 5.74) is 0.827. The van der Waals surface area contributed by atoms with E-state index >= 15 is 0 Å². The van der Waals surface area contributed by atoms with Crippen LogP contribution in [0.15, 0.2) is 18.2 Å². The number of hydrogen-bond acceptors (Lipinski definition) is 2. The lowest BCUT2D eigenvalue weighted by Gasteiger charge is -2.13. The molecule has 18 heavy (non-hydrogen) atoms. The molecule has 1 aliphatic heterocycles. The van der Waals surface area contributed by atoms with Crippen molar-refractivity contribution in [2.24, 2.45) is 0 Å². The highest BCUT2D eigenvalue weighted by molar-refractivity contribution is 6.35. The summed E-state index contributed by atoms with van der Waals surface area (Å²) in [5.74, 6) is 0.548. The number of alkyl halides is 1. The molecular weight excluding hydrogens is 294 g/mol. The van der Waals surface area contributed by atoms with E-state index in [9.17, 15) is 0 Å². The topological polar surface area (TPSA) is 18.5 Å². The molecule has 0 spiro atoms. The Kier molecular flexibility index (Phi) is 5.58. The van der Waals surface area contributed by atoms with Crippen molar-refractivity contribution in [1.29, 1.82) is 0 Å². The second kappa shape index (κ2) is 6.97. The maximum absolute atomic E-state index is 6.06. The van der Waals surface area contributed by atoms with E-state index in [0.717, 1.165) is 18.4 Å². The third-order valence-corrected chi connectivity index (χ3v) is 4.03. The fraction of sp³-hybridized carbons (Fsp3) is 0.538. The lowest BCUT2D eigenvalue weighted by molar-refractivity contribution is -0.0132. The lowest BCUT2D eigenvalue weighted by Crippen LogP contribution is -2.17. The summed E-state index contributed by atoms with van der Waals surface area (Å²) in [7, 11) is 0. The van der Waals surface area contributed by atoms with Crippen LogP contribution in [-0.2, 0) is 16.1 Å². The Morgan fingerprint density at radius 2 is 1.83 bits per heavy atom. The number of benzene rings is 1. The van der Waals surface area contributed by atoms with E-state index in [-0.39, 0.29) is 12.2 Å². The summed E-state index contributed by atoms with van der Waals surface area (Å²) in [5, 5.41) is 1.27. The van der Waals surface area contributed by atoms with Gasteiger partial charge < -0.3 is 9.47 Å². The Bertz CT molecular complexity index is 378. The molecule has 1 heterocycles. The Balaban J connectivity index is 1.79. The van der Waals surface area contributed by atoms with Crippen LogP contribution in [0.1, 0.15) is 18.4 Å². The summed E-state index contributed by atoms with van der Waals surface area (Å²) in [6.45, 7) is 0.957. The van der Waals surface area contributed by atoms with Crippen LogP contribution < -0.4 is 0 Å². The van der Waals surface area contributed by atoms with E-state index in [1.807, 2.05) is 18.2 Å². The molecule has 0 bridgehead atoms. The maximum atomic E-state index is 6.06. The molecule has 0 saturated carbocycles. The molecule has 2 atom stereocenters. The van der Waals surface area contributed by atoms with E-state index in [2.05, 4.69) is 0 Å². The van der Waals surface area contributed by atoms with Gasteiger partial charge in [0.05, 0.1) is 25.4 Å². The minimum Gasteiger partial charge on any atom is -0.374 e. The molecule has 1 aliphatic rings. The number of hydrogen-bond donors (Lipinski definition) is 0. The number of ether oxygens (including phenoxy) is 2. The molecule has 0 N–H and O–H groups in total. The highest BCUT2D eigenvalue weighted by atomic mass is 35.5. The van der Waals surface area contributed by atoms with Crippen LogP contribution in [0.4, 0.5) is 0 Å². The predicted octanol–water partition coefficient (Wildman–Crippen LogP) is 4.30. The lowest BCUT2D eigenvalue weighted by atomic mass is 10.2. The van der Waals surface area contributed by atoms with Gasteiger partial charge in [-0.1, -0.05) is 29.3 Å². The van der Waals surface area contributed by atoms with Crippen molar-refractivity contribution in [2.75, 3.05) is 12.5 Å². The normalized spacial score (nSPS) is 23.5. The number of rotatable bonds is 5. The first-order chi connectivity index (χ1) is 8.70. The van der Waals surface area contributed by atoms with Gasteiger partial charge in [-0.3, -0.25) is 0 Å². The van der Waals surface area contributed by atoms with E-state index < -0.39 is 0 Å². The van der Waals surface area contributed by atoms with Gasteiger partial charge >= 0.3 is 0 Å². The summed E-state index contributed by atoms with van der Waals surface area (Å²) >= 11 is 17.9. The van der Waals surface area contributed by atoms with Gasteiger partial charge in [0, 0.05) is 21.5 Å². The molecule has 2 rings (SSSR count). The van der Waals surface area contributed by atoms with Crippen LogP contribution >= 0.6 is 34.8 Å². The van der Waals surface area contributed by atoms with Gasteiger partial charge in [0.15, 0.2) is 0 Å². The Hall–Kier alpha value is 0.01000.